The van der Waals surface area contributed by atoms with Crippen molar-refractivity contribution in [2.24, 2.45) is 0 Å². The highest BCUT2D eigenvalue weighted by atomic mass is 31.0. The molecule has 0 N–H and O–H groups in total. The summed E-state index contributed by atoms with van der Waals surface area (Å²) in [7, 11) is 12.7. The van der Waals surface area contributed by atoms with E-state index in [9.17, 15) is 0 Å². The first-order chi connectivity index (χ1) is 13.1. The Morgan fingerprint density at radius 1 is 0.500 bits per heavy atom. The molecule has 0 aromatic rings. The Balaban J connectivity index is -0.0000000215. The average molecular weight is 438 g/mol. The lowest BCUT2D eigenvalue weighted by Gasteiger charge is -1.79. The van der Waals surface area contributed by atoms with Crippen LogP contribution < -0.4 is 0 Å². The second-order valence-electron chi connectivity index (χ2n) is 4.78. The van der Waals surface area contributed by atoms with E-state index >= 15 is 0 Å². The van der Waals surface area contributed by atoms with E-state index in [1.54, 1.807) is 0 Å². The minimum absolute atomic E-state index is 0. The number of unbranched alkanes of at least 4 members (excludes halogenated alkanes) is 4. The van der Waals surface area contributed by atoms with Gasteiger partial charge in [0.2, 0.25) is 0 Å². The van der Waals surface area contributed by atoms with E-state index in [4.69, 9.17) is 15.7 Å². The molecular weight excluding hydrogens is 372 g/mol. The Morgan fingerprint density at radius 3 is 0.714 bits per heavy atom. The van der Waals surface area contributed by atoms with Gasteiger partial charge in [-0.1, -0.05) is 154 Å². The first-order valence-corrected chi connectivity index (χ1v) is 13.0. The summed E-state index contributed by atoms with van der Waals surface area (Å²) < 4.78 is 0. The minimum Gasteiger partial charge on any atom is -0.153 e. The highest BCUT2D eigenvalue weighted by molar-refractivity contribution is 7.16. The minimum atomic E-state index is 0. The van der Waals surface area contributed by atoms with Gasteiger partial charge in [-0.3, -0.25) is 0 Å². The fourth-order valence-electron chi connectivity index (χ4n) is 0.558. The Bertz CT molecular complexity index is 78.7. The number of rotatable bonds is 6. The summed E-state index contributed by atoms with van der Waals surface area (Å²) in [5, 5.41) is 0. The normalized spacial score (nSPS) is 6.36. The van der Waals surface area contributed by atoms with Crippen molar-refractivity contribution in [1.29, 1.82) is 0 Å². The molecule has 178 valence electrons. The molecule has 0 aromatic heterocycles. The topological polar surface area (TPSA) is 0 Å². The summed E-state index contributed by atoms with van der Waals surface area (Å²) in [5.41, 5.74) is 0. The molecule has 0 heterocycles. The van der Waals surface area contributed by atoms with Crippen LogP contribution in [0.25, 0.3) is 0 Å². The fourth-order valence-corrected chi connectivity index (χ4v) is 0.558. The van der Waals surface area contributed by atoms with Crippen LogP contribution in [-0.4, -0.2) is 21.9 Å². The summed E-state index contributed by atoms with van der Waals surface area (Å²) in [5.74, 6) is 0. The van der Waals surface area contributed by atoms with Crippen LogP contribution in [0, 0.1) is 0 Å². The third kappa shape index (κ3) is 373. The van der Waals surface area contributed by atoms with Crippen LogP contribution in [0.3, 0.4) is 0 Å². The van der Waals surface area contributed by atoms with Crippen LogP contribution >= 0.6 is 19.1 Å². The lowest BCUT2D eigenvalue weighted by molar-refractivity contribution is 0.772. The zero-order valence-electron chi connectivity index (χ0n) is 23.2. The van der Waals surface area contributed by atoms with Crippen LogP contribution in [0.15, 0.2) is 0 Å². The van der Waals surface area contributed by atoms with E-state index in [0.717, 1.165) is 18.8 Å². The Kier molecular flexibility index (Phi) is 288. The van der Waals surface area contributed by atoms with Crippen molar-refractivity contribution in [2.75, 3.05) is 6.16 Å². The third-order valence-electron chi connectivity index (χ3n) is 1.93. The molecule has 28 heavy (non-hydrogen) atoms. The fraction of sp³-hybridized carbons (Fsp3) is 1.00. The molecule has 0 fully saturated rings. The zero-order chi connectivity index (χ0) is 23.8. The second-order valence-corrected chi connectivity index (χ2v) is 5.36. The van der Waals surface area contributed by atoms with Crippen molar-refractivity contribution in [3.8, 4) is 0 Å². The van der Waals surface area contributed by atoms with Crippen LogP contribution in [0.2, 0.25) is 12.6 Å². The van der Waals surface area contributed by atoms with E-state index in [1.807, 2.05) is 41.5 Å². The highest BCUT2D eigenvalue weighted by Crippen LogP contribution is 1.88. The van der Waals surface area contributed by atoms with Gasteiger partial charge in [0.05, 0.1) is 15.7 Å². The predicted octanol–water partition coefficient (Wildman–Crippen LogP) is 10.4. The molecule has 0 aliphatic rings. The first kappa shape index (κ1) is 56.8. The standard InChI is InChI=1S/C5H12.C4H9B.C4H10.C3H8.C2H6BP.3C2H6.H3P/c1-3-5-4-2;1-2-3-4-5;1-3-4-2;1-3-2;3-1-2-4;3*1-2;/h3-5H2,1-2H3;2-4H2,1H3;3-4H2,1-2H3;3H2,1-2H3;1-2,4H2;3*1-2H3;1H3. The van der Waals surface area contributed by atoms with Crippen LogP contribution in [0.5, 0.6) is 0 Å². The van der Waals surface area contributed by atoms with E-state index in [-0.39, 0.29) is 9.90 Å². The molecule has 0 spiro atoms. The van der Waals surface area contributed by atoms with Gasteiger partial charge in [0.25, 0.3) is 0 Å². The van der Waals surface area contributed by atoms with Crippen molar-refractivity contribution in [1.82, 2.24) is 0 Å². The molecule has 0 saturated heterocycles. The molecule has 0 amide bonds. The van der Waals surface area contributed by atoms with Crippen molar-refractivity contribution in [3.05, 3.63) is 0 Å². The number of hydrogen-bond donors (Lipinski definition) is 0. The van der Waals surface area contributed by atoms with Gasteiger partial charge >= 0.3 is 0 Å². The largest absolute Gasteiger partial charge is 0.153 e. The van der Waals surface area contributed by atoms with Crippen molar-refractivity contribution < 1.29 is 0 Å². The molecule has 0 aromatic carbocycles. The summed E-state index contributed by atoms with van der Waals surface area (Å²) in [6.07, 6.45) is 13.0. The molecule has 0 rings (SSSR count). The maximum absolute atomic E-state index is 5.14. The van der Waals surface area contributed by atoms with Gasteiger partial charge < -0.3 is 0 Å². The van der Waals surface area contributed by atoms with E-state index in [0.29, 0.717) is 0 Å². The lowest BCUT2D eigenvalue weighted by Crippen LogP contribution is -1.63. The Morgan fingerprint density at radius 2 is 0.714 bits per heavy atom. The lowest BCUT2D eigenvalue weighted by atomic mass is 10.0. The van der Waals surface area contributed by atoms with E-state index < -0.39 is 0 Å². The monoisotopic (exact) mass is 438 g/mol. The van der Waals surface area contributed by atoms with Crippen LogP contribution in [-0.2, 0) is 0 Å². The average Bonchev–Trinajstić information content (AvgIpc) is 2.75. The molecule has 0 nitrogen and oxygen atoms in total. The Labute approximate surface area is 195 Å². The van der Waals surface area contributed by atoms with Crippen molar-refractivity contribution >= 4 is 34.8 Å². The number of hydrogen-bond acceptors (Lipinski definition) is 0. The molecular formula is C24H66B2P2. The van der Waals surface area contributed by atoms with Crippen LogP contribution in [0.4, 0.5) is 0 Å². The molecule has 0 bridgehead atoms. The first-order valence-electron chi connectivity index (χ1n) is 12.2. The van der Waals surface area contributed by atoms with Gasteiger partial charge in [-0.15, -0.1) is 9.24 Å². The predicted molar refractivity (Wildman–Crippen MR) is 158 cm³/mol. The summed E-state index contributed by atoms with van der Waals surface area (Å²) in [6, 6.07) is 0. The molecule has 2 unspecified atom stereocenters. The van der Waals surface area contributed by atoms with Gasteiger partial charge in [-0.25, -0.2) is 0 Å². The third-order valence-corrected chi connectivity index (χ3v) is 2.26. The van der Waals surface area contributed by atoms with Gasteiger partial charge in [0.15, 0.2) is 0 Å². The molecule has 2 atom stereocenters. The Hall–Kier alpha value is 0.990. The zero-order valence-corrected chi connectivity index (χ0v) is 25.8. The molecule has 0 saturated carbocycles. The maximum atomic E-state index is 5.14. The molecule has 4 heteroatoms. The SMILES string of the molecule is CC.CC.CC.CCC.CCCC.CCCCC.P.[B]CCCC.[B]CCP. The smallest absolute Gasteiger partial charge is 0.0657 e. The van der Waals surface area contributed by atoms with Crippen molar-refractivity contribution in [2.45, 2.75) is 154 Å². The van der Waals surface area contributed by atoms with Gasteiger partial charge in [-0.2, -0.15) is 9.90 Å². The molecule has 4 radical (unpaired) electrons. The van der Waals surface area contributed by atoms with E-state index in [1.165, 1.54) is 51.4 Å². The van der Waals surface area contributed by atoms with E-state index in [2.05, 4.69) is 57.7 Å². The van der Waals surface area contributed by atoms with Gasteiger partial charge in [0.1, 0.15) is 0 Å². The second kappa shape index (κ2) is 142. The maximum Gasteiger partial charge on any atom is 0.0657 e. The summed E-state index contributed by atoms with van der Waals surface area (Å²) >= 11 is 0. The summed E-state index contributed by atoms with van der Waals surface area (Å²) in [6.45, 7) is 27.2. The highest BCUT2D eigenvalue weighted by Gasteiger charge is 1.68. The van der Waals surface area contributed by atoms with Gasteiger partial charge in [0, 0.05) is 0 Å². The summed E-state index contributed by atoms with van der Waals surface area (Å²) in [4.78, 5) is 0. The molecule has 0 aliphatic carbocycles. The van der Waals surface area contributed by atoms with Crippen molar-refractivity contribution in [3.63, 3.8) is 0 Å². The van der Waals surface area contributed by atoms with Crippen LogP contribution in [0.1, 0.15) is 141 Å². The van der Waals surface area contributed by atoms with Gasteiger partial charge in [-0.05, 0) is 6.16 Å². The molecule has 0 aliphatic heterocycles. The quantitative estimate of drug-likeness (QED) is 0.286.